The lowest BCUT2D eigenvalue weighted by molar-refractivity contribution is -0.0459. The average Bonchev–Trinajstić information content (AvgIpc) is 3.27. The Hall–Kier alpha value is -2.68. The number of nitrogens with zero attached hydrogens (tertiary/aromatic N) is 2. The van der Waals surface area contributed by atoms with Gasteiger partial charge in [-0.1, -0.05) is 18.2 Å². The van der Waals surface area contributed by atoms with Crippen molar-refractivity contribution in [2.75, 3.05) is 18.5 Å². The van der Waals surface area contributed by atoms with E-state index in [0.717, 1.165) is 17.5 Å². The summed E-state index contributed by atoms with van der Waals surface area (Å²) >= 11 is 0. The monoisotopic (exact) mass is 384 g/mol. The first-order valence-corrected chi connectivity index (χ1v) is 9.40. The van der Waals surface area contributed by atoms with Gasteiger partial charge in [-0.15, -0.1) is 0 Å². The highest BCUT2D eigenvalue weighted by Gasteiger charge is 2.35. The summed E-state index contributed by atoms with van der Waals surface area (Å²) in [5, 5.41) is 23.5. The molecule has 1 fully saturated rings. The fraction of sp³-hybridized carbons (Fsp3) is 0.400. The van der Waals surface area contributed by atoms with Crippen molar-refractivity contribution in [3.8, 4) is 0 Å². The minimum Gasteiger partial charge on any atom is -0.394 e. The van der Waals surface area contributed by atoms with Crippen LogP contribution in [0.1, 0.15) is 23.8 Å². The van der Waals surface area contributed by atoms with Crippen LogP contribution in [0.15, 0.2) is 41.5 Å². The number of aryl methyl sites for hydroxylation is 1. The second-order valence-electron chi connectivity index (χ2n) is 7.11. The molecule has 1 aliphatic rings. The van der Waals surface area contributed by atoms with Gasteiger partial charge in [-0.3, -0.25) is 4.57 Å². The number of rotatable bonds is 6. The Morgan fingerprint density at radius 3 is 3.00 bits per heavy atom. The standard InChI is InChI=1S/C20H24N4O4/c1-12-10-24(18-8-16(26)17(11-25)28-18)20(27)23-19(12)21-7-6-13-9-22-15-5-3-2-4-14(13)15/h2-5,9-10,16-18,22,25-26H,6-8,11H2,1H3,(H,21,23,27)/t16-,17+,18+/m1/s1. The number of hydrogen-bond acceptors (Lipinski definition) is 6. The molecule has 28 heavy (non-hydrogen) atoms. The van der Waals surface area contributed by atoms with Gasteiger partial charge >= 0.3 is 5.69 Å². The molecule has 0 bridgehead atoms. The van der Waals surface area contributed by atoms with Crippen molar-refractivity contribution in [1.82, 2.24) is 14.5 Å². The van der Waals surface area contributed by atoms with Crippen molar-refractivity contribution in [2.45, 2.75) is 38.2 Å². The zero-order valence-corrected chi connectivity index (χ0v) is 15.6. The van der Waals surface area contributed by atoms with E-state index in [-0.39, 0.29) is 13.0 Å². The van der Waals surface area contributed by atoms with Crippen LogP contribution >= 0.6 is 0 Å². The van der Waals surface area contributed by atoms with Gasteiger partial charge in [0.25, 0.3) is 0 Å². The number of anilines is 1. The lowest BCUT2D eigenvalue weighted by Crippen LogP contribution is -2.29. The van der Waals surface area contributed by atoms with E-state index in [0.29, 0.717) is 12.4 Å². The Morgan fingerprint density at radius 1 is 1.39 bits per heavy atom. The number of fused-ring (bicyclic) bond motifs is 1. The number of para-hydroxylation sites is 1. The predicted octanol–water partition coefficient (Wildman–Crippen LogP) is 1.33. The summed E-state index contributed by atoms with van der Waals surface area (Å²) in [6.45, 7) is 2.22. The van der Waals surface area contributed by atoms with E-state index in [9.17, 15) is 15.0 Å². The first-order chi connectivity index (χ1) is 13.6. The van der Waals surface area contributed by atoms with E-state index in [1.54, 1.807) is 6.20 Å². The highest BCUT2D eigenvalue weighted by atomic mass is 16.5. The minimum atomic E-state index is -0.795. The first-order valence-electron chi connectivity index (χ1n) is 9.40. The van der Waals surface area contributed by atoms with Crippen LogP contribution in [0.25, 0.3) is 10.9 Å². The molecule has 1 saturated heterocycles. The molecule has 8 heteroatoms. The molecular formula is C20H24N4O4. The van der Waals surface area contributed by atoms with Crippen molar-refractivity contribution in [3.63, 3.8) is 0 Å². The van der Waals surface area contributed by atoms with E-state index in [1.807, 2.05) is 31.3 Å². The lowest BCUT2D eigenvalue weighted by atomic mass is 10.1. The van der Waals surface area contributed by atoms with E-state index in [1.165, 1.54) is 15.5 Å². The van der Waals surface area contributed by atoms with Crippen molar-refractivity contribution in [2.24, 2.45) is 0 Å². The highest BCUT2D eigenvalue weighted by Crippen LogP contribution is 2.28. The summed E-state index contributed by atoms with van der Waals surface area (Å²) in [5.41, 5.74) is 2.67. The van der Waals surface area contributed by atoms with E-state index in [2.05, 4.69) is 21.4 Å². The van der Waals surface area contributed by atoms with E-state index in [4.69, 9.17) is 4.74 Å². The molecule has 3 atom stereocenters. The molecule has 2 aromatic heterocycles. The number of benzene rings is 1. The summed E-state index contributed by atoms with van der Waals surface area (Å²) in [6.07, 6.45) is 2.64. The smallest absolute Gasteiger partial charge is 0.351 e. The van der Waals surface area contributed by atoms with Gasteiger partial charge in [0.15, 0.2) is 0 Å². The summed E-state index contributed by atoms with van der Waals surface area (Å²) in [5.74, 6) is 0.540. The third kappa shape index (κ3) is 3.54. The molecule has 1 aromatic carbocycles. The zero-order chi connectivity index (χ0) is 19.7. The largest absolute Gasteiger partial charge is 0.394 e. The number of aliphatic hydroxyl groups is 2. The minimum absolute atomic E-state index is 0.250. The third-order valence-electron chi connectivity index (χ3n) is 5.19. The molecular weight excluding hydrogens is 360 g/mol. The second-order valence-corrected chi connectivity index (χ2v) is 7.11. The summed E-state index contributed by atoms with van der Waals surface area (Å²) in [4.78, 5) is 19.8. The normalized spacial score (nSPS) is 22.0. The van der Waals surface area contributed by atoms with Gasteiger partial charge in [0.1, 0.15) is 18.1 Å². The van der Waals surface area contributed by atoms with E-state index < -0.39 is 24.1 Å². The molecule has 0 aliphatic carbocycles. The van der Waals surface area contributed by atoms with Crippen LogP contribution in [-0.2, 0) is 11.2 Å². The molecule has 148 valence electrons. The predicted molar refractivity (Wildman–Crippen MR) is 105 cm³/mol. The molecule has 0 unspecified atom stereocenters. The molecule has 0 radical (unpaired) electrons. The molecule has 0 amide bonds. The summed E-state index contributed by atoms with van der Waals surface area (Å²) < 4.78 is 6.93. The fourth-order valence-electron chi connectivity index (χ4n) is 3.66. The number of aromatic amines is 1. The van der Waals surface area contributed by atoms with Crippen LogP contribution < -0.4 is 11.0 Å². The molecule has 4 N–H and O–H groups in total. The van der Waals surface area contributed by atoms with Gasteiger partial charge in [-0.25, -0.2) is 4.79 Å². The molecule has 1 aliphatic heterocycles. The fourth-order valence-corrected chi connectivity index (χ4v) is 3.66. The summed E-state index contributed by atoms with van der Waals surface area (Å²) in [6, 6.07) is 8.14. The van der Waals surface area contributed by atoms with Crippen molar-refractivity contribution in [1.29, 1.82) is 0 Å². The number of ether oxygens (including phenoxy) is 1. The Balaban J connectivity index is 1.44. The maximum absolute atomic E-state index is 12.4. The number of nitrogens with one attached hydrogen (secondary N) is 2. The Labute approximate surface area is 161 Å². The van der Waals surface area contributed by atoms with Gasteiger partial charge in [0, 0.05) is 41.8 Å². The SMILES string of the molecule is Cc1cn([C@@H]2C[C@@H](O)[C@H](CO)O2)c(=O)nc1NCCc1c[nH]c2ccccc12. The third-order valence-corrected chi connectivity index (χ3v) is 5.19. The maximum Gasteiger partial charge on any atom is 0.351 e. The topological polar surface area (TPSA) is 112 Å². The average molecular weight is 384 g/mol. The van der Waals surface area contributed by atoms with Crippen LogP contribution in [-0.4, -0.2) is 50.1 Å². The zero-order valence-electron chi connectivity index (χ0n) is 15.6. The van der Waals surface area contributed by atoms with E-state index >= 15 is 0 Å². The lowest BCUT2D eigenvalue weighted by Gasteiger charge is -2.16. The molecule has 0 saturated carbocycles. The van der Waals surface area contributed by atoms with Gasteiger partial charge in [0.05, 0.1) is 12.7 Å². The van der Waals surface area contributed by atoms with Crippen LogP contribution in [0, 0.1) is 6.92 Å². The highest BCUT2D eigenvalue weighted by molar-refractivity contribution is 5.83. The summed E-state index contributed by atoms with van der Waals surface area (Å²) in [7, 11) is 0. The Bertz CT molecular complexity index is 1030. The van der Waals surface area contributed by atoms with Gasteiger partial charge in [-0.05, 0) is 25.0 Å². The second kappa shape index (κ2) is 7.75. The van der Waals surface area contributed by atoms with Gasteiger partial charge < -0.3 is 25.3 Å². The number of aromatic nitrogens is 3. The van der Waals surface area contributed by atoms with Gasteiger partial charge in [0.2, 0.25) is 0 Å². The van der Waals surface area contributed by atoms with Crippen molar-refractivity contribution >= 4 is 16.7 Å². The maximum atomic E-state index is 12.4. The van der Waals surface area contributed by atoms with Crippen LogP contribution in [0.5, 0.6) is 0 Å². The Kier molecular flexibility index (Phi) is 5.17. The van der Waals surface area contributed by atoms with Crippen LogP contribution in [0.4, 0.5) is 5.82 Å². The number of H-pyrrole nitrogens is 1. The number of hydrogen-bond donors (Lipinski definition) is 4. The van der Waals surface area contributed by atoms with Crippen LogP contribution in [0.2, 0.25) is 0 Å². The Morgan fingerprint density at radius 2 is 2.21 bits per heavy atom. The molecule has 3 heterocycles. The van der Waals surface area contributed by atoms with Crippen molar-refractivity contribution < 1.29 is 14.9 Å². The first kappa shape index (κ1) is 18.7. The quantitative estimate of drug-likeness (QED) is 0.510. The van der Waals surface area contributed by atoms with Gasteiger partial charge in [-0.2, -0.15) is 4.98 Å². The number of aliphatic hydroxyl groups excluding tert-OH is 2. The molecule has 4 rings (SSSR count). The molecule has 3 aromatic rings. The molecule has 0 spiro atoms. The van der Waals surface area contributed by atoms with Crippen molar-refractivity contribution in [3.05, 3.63) is 58.3 Å². The molecule has 8 nitrogen and oxygen atoms in total. The van der Waals surface area contributed by atoms with Crippen LogP contribution in [0.3, 0.4) is 0 Å².